The van der Waals surface area contributed by atoms with Gasteiger partial charge in [-0.2, -0.15) is 0 Å². The summed E-state index contributed by atoms with van der Waals surface area (Å²) in [4.78, 5) is 45.1. The van der Waals surface area contributed by atoms with Crippen LogP contribution < -0.4 is 4.74 Å². The molecule has 3 aliphatic rings. The number of aliphatic imine (C=N–C) groups is 1. The minimum Gasteiger partial charge on any atom is -0.493 e. The van der Waals surface area contributed by atoms with Gasteiger partial charge in [-0.25, -0.2) is 4.79 Å². The van der Waals surface area contributed by atoms with Gasteiger partial charge in [-0.15, -0.1) is 0 Å². The number of carbonyl (C=O) groups excluding carboxylic acids is 2. The molecule has 2 saturated heterocycles. The molecule has 0 N–H and O–H groups in total. The summed E-state index contributed by atoms with van der Waals surface area (Å²) in [5.41, 5.74) is 1.09. The Labute approximate surface area is 337 Å². The number of hydrogen-bond acceptors (Lipinski definition) is 6. The van der Waals surface area contributed by atoms with Gasteiger partial charge in [0.05, 0.1) is 12.2 Å². The van der Waals surface area contributed by atoms with Crippen LogP contribution in [0.25, 0.3) is 0 Å². The largest absolute Gasteiger partial charge is 0.493 e. The maximum absolute atomic E-state index is 15.4. The Kier molecular flexibility index (Phi) is 12.5. The van der Waals surface area contributed by atoms with Gasteiger partial charge in [0.2, 0.25) is 5.91 Å². The highest BCUT2D eigenvalue weighted by Gasteiger charge is 2.60. The van der Waals surface area contributed by atoms with Crippen LogP contribution >= 0.6 is 23.2 Å². The summed E-state index contributed by atoms with van der Waals surface area (Å²) in [5.74, 6) is 2.06. The van der Waals surface area contributed by atoms with Gasteiger partial charge in [0.15, 0.2) is 0 Å². The number of aromatic nitrogens is 1. The molecule has 11 heteroatoms. The third-order valence-electron chi connectivity index (χ3n) is 12.0. The number of urea groups is 1. The van der Waals surface area contributed by atoms with Gasteiger partial charge in [-0.3, -0.25) is 19.7 Å². The minimum absolute atomic E-state index is 0.155. The van der Waals surface area contributed by atoms with E-state index in [0.717, 1.165) is 68.8 Å². The maximum atomic E-state index is 15.4. The summed E-state index contributed by atoms with van der Waals surface area (Å²) in [6.07, 6.45) is 5.78. The number of carbonyl (C=O) groups is 2. The van der Waals surface area contributed by atoms with E-state index in [1.807, 2.05) is 83.1 Å². The molecule has 2 aromatic carbocycles. The number of likely N-dealkylation sites (tertiary alicyclic amines) is 2. The first-order valence-electron chi connectivity index (χ1n) is 19.9. The predicted molar refractivity (Wildman–Crippen MR) is 220 cm³/mol. The number of amidine groups is 1. The van der Waals surface area contributed by atoms with Crippen molar-refractivity contribution in [2.75, 3.05) is 46.0 Å². The van der Waals surface area contributed by atoms with Gasteiger partial charge in [0.25, 0.3) is 0 Å². The van der Waals surface area contributed by atoms with Crippen LogP contribution in [0.3, 0.4) is 0 Å². The summed E-state index contributed by atoms with van der Waals surface area (Å²) >= 11 is 12.9. The molecule has 6 rings (SSSR count). The van der Waals surface area contributed by atoms with Crippen LogP contribution in [-0.2, 0) is 26.0 Å². The van der Waals surface area contributed by atoms with Crippen molar-refractivity contribution in [1.29, 1.82) is 0 Å². The van der Waals surface area contributed by atoms with Gasteiger partial charge in [0, 0.05) is 79.2 Å². The highest BCUT2D eigenvalue weighted by Crippen LogP contribution is 2.54. The van der Waals surface area contributed by atoms with Crippen molar-refractivity contribution in [3.8, 4) is 5.75 Å². The van der Waals surface area contributed by atoms with Crippen molar-refractivity contribution in [1.82, 2.24) is 19.7 Å². The molecule has 1 aromatic heterocycles. The zero-order chi connectivity index (χ0) is 39.5. The third kappa shape index (κ3) is 8.40. The van der Waals surface area contributed by atoms with E-state index in [4.69, 9.17) is 42.7 Å². The van der Waals surface area contributed by atoms with Crippen molar-refractivity contribution in [3.05, 3.63) is 93.2 Å². The first-order chi connectivity index (χ1) is 26.2. The fourth-order valence-corrected chi connectivity index (χ4v) is 8.59. The molecule has 55 heavy (non-hydrogen) atoms. The molecule has 0 saturated carbocycles. The van der Waals surface area contributed by atoms with Gasteiger partial charge < -0.3 is 19.3 Å². The summed E-state index contributed by atoms with van der Waals surface area (Å²) in [5, 5.41) is 1.22. The summed E-state index contributed by atoms with van der Waals surface area (Å²) < 4.78 is 11.9. The van der Waals surface area contributed by atoms with E-state index in [1.54, 1.807) is 6.20 Å². The minimum atomic E-state index is -1.02. The van der Waals surface area contributed by atoms with Gasteiger partial charge >= 0.3 is 6.03 Å². The van der Waals surface area contributed by atoms with Crippen LogP contribution in [0, 0.1) is 11.8 Å². The van der Waals surface area contributed by atoms with E-state index in [-0.39, 0.29) is 23.3 Å². The van der Waals surface area contributed by atoms with E-state index in [1.165, 1.54) is 0 Å². The molecular formula is C44H57Cl2N5O4. The second-order valence-corrected chi connectivity index (χ2v) is 17.5. The lowest BCUT2D eigenvalue weighted by atomic mass is 9.71. The molecule has 3 amide bonds. The second-order valence-electron chi connectivity index (χ2n) is 16.6. The topological polar surface area (TPSA) is 87.6 Å². The standard InChI is InChI=1S/C44H57Cl2N5O4/c1-8-54-29-31-20-22-49(23-21-31)39(52)26-30-18-24-50(25-19-30)41(53)51-40(36-28-47-38(42(3,4)5)27-37(36)55-9-2)48-43(6,32-10-14-34(45)15-11-32)44(51,7)33-12-16-35(46)17-13-33/h10-17,27-28,30-31H,8-9,18-26,29H2,1-7H3/t43-,44+/m0/s1. The SMILES string of the molecule is CCOCC1CCN(C(=O)CC2CCN(C(=O)N3C(c4cnc(C(C)(C)C)cc4OCC)=N[C@@](C)(c4ccc(Cl)cc4)[C@@]3(C)c3ccc(Cl)cc3)CC2)CC1. The number of piperidine rings is 2. The van der Waals surface area contributed by atoms with E-state index < -0.39 is 11.1 Å². The fraction of sp³-hybridized carbons (Fsp3) is 0.545. The lowest BCUT2D eigenvalue weighted by Gasteiger charge is -2.47. The van der Waals surface area contributed by atoms with Crippen molar-refractivity contribution >= 4 is 41.0 Å². The Hall–Kier alpha value is -3.66. The van der Waals surface area contributed by atoms with E-state index in [0.29, 0.717) is 59.2 Å². The first-order valence-corrected chi connectivity index (χ1v) is 20.7. The molecule has 0 bridgehead atoms. The Morgan fingerprint density at radius 2 is 1.38 bits per heavy atom. The van der Waals surface area contributed by atoms with Gasteiger partial charge in [0.1, 0.15) is 22.7 Å². The van der Waals surface area contributed by atoms with Crippen LogP contribution in [-0.4, -0.2) is 83.5 Å². The number of nitrogens with zero attached hydrogens (tertiary/aromatic N) is 5. The fourth-order valence-electron chi connectivity index (χ4n) is 8.34. The van der Waals surface area contributed by atoms with Crippen molar-refractivity contribution in [3.63, 3.8) is 0 Å². The Morgan fingerprint density at radius 1 is 0.818 bits per heavy atom. The quantitative estimate of drug-likeness (QED) is 0.204. The highest BCUT2D eigenvalue weighted by atomic mass is 35.5. The Bertz CT molecular complexity index is 1850. The zero-order valence-corrected chi connectivity index (χ0v) is 35.1. The monoisotopic (exact) mass is 789 g/mol. The molecule has 0 spiro atoms. The Morgan fingerprint density at radius 3 is 1.95 bits per heavy atom. The molecular weight excluding hydrogens is 733 g/mol. The number of halogens is 2. The molecule has 2 atom stereocenters. The van der Waals surface area contributed by atoms with E-state index in [9.17, 15) is 4.79 Å². The van der Waals surface area contributed by atoms with E-state index in [2.05, 4.69) is 34.6 Å². The average Bonchev–Trinajstić information content (AvgIpc) is 3.41. The number of rotatable bonds is 10. The van der Waals surface area contributed by atoms with Crippen LogP contribution in [0.1, 0.15) is 103 Å². The molecule has 3 aliphatic heterocycles. The zero-order valence-electron chi connectivity index (χ0n) is 33.5. The number of amides is 3. The normalized spacial score (nSPS) is 22.6. The molecule has 3 aromatic rings. The molecule has 0 radical (unpaired) electrons. The number of pyridine rings is 1. The third-order valence-corrected chi connectivity index (χ3v) is 12.5. The predicted octanol–water partition coefficient (Wildman–Crippen LogP) is 9.47. The molecule has 9 nitrogen and oxygen atoms in total. The lowest BCUT2D eigenvalue weighted by Crippen LogP contribution is -2.59. The van der Waals surface area contributed by atoms with Crippen LogP contribution in [0.2, 0.25) is 10.0 Å². The number of hydrogen-bond donors (Lipinski definition) is 0. The number of ether oxygens (including phenoxy) is 2. The molecule has 4 heterocycles. The maximum Gasteiger partial charge on any atom is 0.326 e. The summed E-state index contributed by atoms with van der Waals surface area (Å²) in [6, 6.07) is 17.2. The van der Waals surface area contributed by atoms with Crippen molar-refractivity contribution < 1.29 is 19.1 Å². The van der Waals surface area contributed by atoms with Crippen LogP contribution in [0.5, 0.6) is 5.75 Å². The van der Waals surface area contributed by atoms with Crippen molar-refractivity contribution in [2.45, 2.75) is 97.1 Å². The molecule has 0 unspecified atom stereocenters. The van der Waals surface area contributed by atoms with Gasteiger partial charge in [-0.05, 0) is 101 Å². The van der Waals surface area contributed by atoms with Crippen molar-refractivity contribution in [2.24, 2.45) is 16.8 Å². The first kappa shape index (κ1) is 41.0. The molecule has 296 valence electrons. The van der Waals surface area contributed by atoms with E-state index >= 15 is 4.79 Å². The summed E-state index contributed by atoms with van der Waals surface area (Å²) in [6.45, 7) is 19.1. The van der Waals surface area contributed by atoms with Gasteiger partial charge in [-0.1, -0.05) is 68.2 Å². The number of benzene rings is 2. The smallest absolute Gasteiger partial charge is 0.326 e. The Balaban J connectivity index is 1.34. The average molecular weight is 791 g/mol. The second kappa shape index (κ2) is 16.8. The lowest BCUT2D eigenvalue weighted by molar-refractivity contribution is -0.134. The summed E-state index contributed by atoms with van der Waals surface area (Å²) in [7, 11) is 0. The molecule has 2 fully saturated rings. The highest BCUT2D eigenvalue weighted by molar-refractivity contribution is 6.30. The molecule has 0 aliphatic carbocycles. The van der Waals surface area contributed by atoms with Crippen LogP contribution in [0.4, 0.5) is 4.79 Å². The van der Waals surface area contributed by atoms with Crippen LogP contribution in [0.15, 0.2) is 65.8 Å².